The van der Waals surface area contributed by atoms with Crippen LogP contribution in [0.5, 0.6) is 0 Å². The van der Waals surface area contributed by atoms with Crippen molar-refractivity contribution in [3.05, 3.63) is 77.8 Å². The first-order valence-electron chi connectivity index (χ1n) is 11.5. The molecule has 170 valence electrons. The van der Waals surface area contributed by atoms with Crippen LogP contribution in [-0.2, 0) is 13.1 Å². The van der Waals surface area contributed by atoms with E-state index >= 15 is 0 Å². The van der Waals surface area contributed by atoms with E-state index < -0.39 is 0 Å². The van der Waals surface area contributed by atoms with E-state index in [2.05, 4.69) is 60.4 Å². The molecular formula is C25H34N6O. The van der Waals surface area contributed by atoms with Gasteiger partial charge in [0.05, 0.1) is 12.3 Å². The van der Waals surface area contributed by atoms with Crippen molar-refractivity contribution in [3.8, 4) is 0 Å². The minimum absolute atomic E-state index is 0.214. The second kappa shape index (κ2) is 11.0. The van der Waals surface area contributed by atoms with Crippen LogP contribution in [-0.4, -0.2) is 47.1 Å². The largest absolute Gasteiger partial charge is 0.468 e. The average molecular weight is 435 g/mol. The first-order valence-corrected chi connectivity index (χ1v) is 11.5. The molecule has 0 saturated carbocycles. The third-order valence-electron chi connectivity index (χ3n) is 6.12. The molecule has 0 spiro atoms. The number of aliphatic imine (C=N–C) groups is 1. The predicted molar refractivity (Wildman–Crippen MR) is 128 cm³/mol. The number of rotatable bonds is 8. The number of imidazole rings is 1. The highest BCUT2D eigenvalue weighted by Gasteiger charge is 2.24. The Hall–Kier alpha value is -3.06. The van der Waals surface area contributed by atoms with E-state index in [1.165, 1.54) is 30.4 Å². The molecule has 1 aliphatic heterocycles. The second-order valence-electron chi connectivity index (χ2n) is 8.36. The van der Waals surface area contributed by atoms with Crippen LogP contribution >= 0.6 is 0 Å². The van der Waals surface area contributed by atoms with E-state index in [0.717, 1.165) is 43.7 Å². The number of likely N-dealkylation sites (tertiary alicyclic amines) is 1. The lowest BCUT2D eigenvalue weighted by Crippen LogP contribution is -2.44. The SMILES string of the molecule is CN=C(NCc1cccc(Cn2ccnc2C)c1)NCC(c1ccco1)N1CCCCC1. The molecule has 4 rings (SSSR count). The van der Waals surface area contributed by atoms with Gasteiger partial charge in [-0.1, -0.05) is 30.7 Å². The van der Waals surface area contributed by atoms with E-state index in [-0.39, 0.29) is 6.04 Å². The summed E-state index contributed by atoms with van der Waals surface area (Å²) in [6, 6.07) is 12.9. The second-order valence-corrected chi connectivity index (χ2v) is 8.36. The summed E-state index contributed by atoms with van der Waals surface area (Å²) in [5.41, 5.74) is 2.48. The van der Waals surface area contributed by atoms with Crippen molar-refractivity contribution in [2.75, 3.05) is 26.7 Å². The Morgan fingerprint density at radius 3 is 2.69 bits per heavy atom. The van der Waals surface area contributed by atoms with Crippen molar-refractivity contribution in [3.63, 3.8) is 0 Å². The average Bonchev–Trinajstić information content (AvgIpc) is 3.49. The number of guanidine groups is 1. The molecule has 1 aliphatic rings. The van der Waals surface area contributed by atoms with Crippen LogP contribution < -0.4 is 10.6 Å². The van der Waals surface area contributed by atoms with Gasteiger partial charge in [0.1, 0.15) is 11.6 Å². The van der Waals surface area contributed by atoms with Gasteiger partial charge in [-0.15, -0.1) is 0 Å². The highest BCUT2D eigenvalue weighted by molar-refractivity contribution is 5.79. The quantitative estimate of drug-likeness (QED) is 0.418. The number of aryl methyl sites for hydroxylation is 1. The van der Waals surface area contributed by atoms with Crippen LogP contribution in [0.1, 0.15) is 48.0 Å². The predicted octanol–water partition coefficient (Wildman–Crippen LogP) is 3.73. The van der Waals surface area contributed by atoms with Crippen molar-refractivity contribution in [1.29, 1.82) is 0 Å². The Morgan fingerprint density at radius 1 is 1.12 bits per heavy atom. The normalized spacial score (nSPS) is 16.1. The number of aromatic nitrogens is 2. The molecule has 7 nitrogen and oxygen atoms in total. The molecule has 32 heavy (non-hydrogen) atoms. The number of nitrogens with one attached hydrogen (secondary N) is 2. The highest BCUT2D eigenvalue weighted by atomic mass is 16.3. The van der Waals surface area contributed by atoms with Gasteiger partial charge in [0.25, 0.3) is 0 Å². The Labute approximate surface area is 190 Å². The molecule has 7 heteroatoms. The van der Waals surface area contributed by atoms with Gasteiger partial charge in [0.2, 0.25) is 0 Å². The molecular weight excluding hydrogens is 400 g/mol. The maximum absolute atomic E-state index is 5.76. The Morgan fingerprint density at radius 2 is 1.97 bits per heavy atom. The van der Waals surface area contributed by atoms with Crippen molar-refractivity contribution < 1.29 is 4.42 Å². The molecule has 1 atom stereocenters. The summed E-state index contributed by atoms with van der Waals surface area (Å²) in [6.07, 6.45) is 9.44. The molecule has 1 aromatic carbocycles. The van der Waals surface area contributed by atoms with E-state index in [9.17, 15) is 0 Å². The summed E-state index contributed by atoms with van der Waals surface area (Å²) in [7, 11) is 1.82. The van der Waals surface area contributed by atoms with Crippen molar-refractivity contribution in [2.45, 2.75) is 45.3 Å². The Kier molecular flexibility index (Phi) is 7.61. The molecule has 3 heterocycles. The van der Waals surface area contributed by atoms with Crippen LogP contribution in [0.15, 0.2) is 64.5 Å². The first-order chi connectivity index (χ1) is 15.7. The Bertz CT molecular complexity index is 988. The van der Waals surface area contributed by atoms with Gasteiger partial charge >= 0.3 is 0 Å². The number of benzene rings is 1. The van der Waals surface area contributed by atoms with Gasteiger partial charge < -0.3 is 19.6 Å². The minimum Gasteiger partial charge on any atom is -0.468 e. The smallest absolute Gasteiger partial charge is 0.191 e. The van der Waals surface area contributed by atoms with E-state index in [0.29, 0.717) is 6.54 Å². The summed E-state index contributed by atoms with van der Waals surface area (Å²) < 4.78 is 7.92. The lowest BCUT2D eigenvalue weighted by atomic mass is 10.1. The van der Waals surface area contributed by atoms with Crippen LogP contribution in [0, 0.1) is 6.92 Å². The monoisotopic (exact) mass is 434 g/mol. The minimum atomic E-state index is 0.214. The van der Waals surface area contributed by atoms with Gasteiger partial charge in [0.15, 0.2) is 5.96 Å². The molecule has 0 radical (unpaired) electrons. The number of nitrogens with zero attached hydrogens (tertiary/aromatic N) is 4. The molecule has 2 aromatic heterocycles. The van der Waals surface area contributed by atoms with Crippen molar-refractivity contribution in [2.24, 2.45) is 4.99 Å². The molecule has 1 fully saturated rings. The zero-order valence-electron chi connectivity index (χ0n) is 19.1. The van der Waals surface area contributed by atoms with Crippen LogP contribution in [0.2, 0.25) is 0 Å². The fraction of sp³-hybridized carbons (Fsp3) is 0.440. The van der Waals surface area contributed by atoms with Gasteiger partial charge in [-0.2, -0.15) is 0 Å². The van der Waals surface area contributed by atoms with E-state index in [4.69, 9.17) is 4.42 Å². The number of furan rings is 1. The topological polar surface area (TPSA) is 70.6 Å². The van der Waals surface area contributed by atoms with Crippen LogP contribution in [0.3, 0.4) is 0 Å². The number of hydrogen-bond acceptors (Lipinski definition) is 4. The lowest BCUT2D eigenvalue weighted by molar-refractivity contribution is 0.146. The third kappa shape index (κ3) is 5.79. The molecule has 3 aromatic rings. The summed E-state index contributed by atoms with van der Waals surface area (Å²) >= 11 is 0. The van der Waals surface area contributed by atoms with E-state index in [1.54, 1.807) is 6.26 Å². The molecule has 0 aliphatic carbocycles. The highest BCUT2D eigenvalue weighted by Crippen LogP contribution is 2.24. The van der Waals surface area contributed by atoms with Crippen molar-refractivity contribution in [1.82, 2.24) is 25.1 Å². The summed E-state index contributed by atoms with van der Waals surface area (Å²) in [4.78, 5) is 11.3. The third-order valence-corrected chi connectivity index (χ3v) is 6.12. The summed E-state index contributed by atoms with van der Waals surface area (Å²) in [6.45, 7) is 6.55. The molecule has 1 unspecified atom stereocenters. The molecule has 0 amide bonds. The standard InChI is InChI=1S/C25H34N6O/c1-20-27-11-14-31(20)19-22-9-6-8-21(16-22)17-28-25(26-2)29-18-23(24-10-7-15-32-24)30-12-4-3-5-13-30/h6-11,14-16,23H,3-5,12-13,17-19H2,1-2H3,(H2,26,28,29). The van der Waals surface area contributed by atoms with Crippen molar-refractivity contribution >= 4 is 5.96 Å². The zero-order valence-corrected chi connectivity index (χ0v) is 19.1. The van der Waals surface area contributed by atoms with Gasteiger partial charge in [-0.05, 0) is 56.1 Å². The fourth-order valence-corrected chi connectivity index (χ4v) is 4.33. The fourth-order valence-electron chi connectivity index (χ4n) is 4.33. The zero-order chi connectivity index (χ0) is 22.2. The van der Waals surface area contributed by atoms with Crippen LogP contribution in [0.25, 0.3) is 0 Å². The molecule has 0 bridgehead atoms. The maximum atomic E-state index is 5.76. The van der Waals surface area contributed by atoms with Gasteiger partial charge in [-0.25, -0.2) is 4.98 Å². The molecule has 1 saturated heterocycles. The van der Waals surface area contributed by atoms with Crippen LogP contribution in [0.4, 0.5) is 0 Å². The van der Waals surface area contributed by atoms with E-state index in [1.807, 2.05) is 32.4 Å². The maximum Gasteiger partial charge on any atom is 0.191 e. The number of hydrogen-bond donors (Lipinski definition) is 2. The first kappa shape index (κ1) is 22.1. The Balaban J connectivity index is 1.33. The molecule has 2 N–H and O–H groups in total. The van der Waals surface area contributed by atoms with Gasteiger partial charge in [0, 0.05) is 39.1 Å². The summed E-state index contributed by atoms with van der Waals surface area (Å²) in [5.74, 6) is 2.84. The lowest BCUT2D eigenvalue weighted by Gasteiger charge is -2.33. The number of piperidine rings is 1. The van der Waals surface area contributed by atoms with Gasteiger partial charge in [-0.3, -0.25) is 9.89 Å². The summed E-state index contributed by atoms with van der Waals surface area (Å²) in [5, 5.41) is 6.97.